The van der Waals surface area contributed by atoms with Crippen molar-refractivity contribution < 1.29 is 18.0 Å². The maximum absolute atomic E-state index is 12.6. The van der Waals surface area contributed by atoms with Crippen molar-refractivity contribution in [1.29, 1.82) is 0 Å². The molecule has 21 heavy (non-hydrogen) atoms. The van der Waals surface area contributed by atoms with E-state index in [9.17, 15) is 18.0 Å². The summed E-state index contributed by atoms with van der Waals surface area (Å²) in [5.74, 6) is 0.0780. The molecule has 1 N–H and O–H groups in total. The summed E-state index contributed by atoms with van der Waals surface area (Å²) in [4.78, 5) is 14.1. The summed E-state index contributed by atoms with van der Waals surface area (Å²) in [6, 6.07) is 5.06. The van der Waals surface area contributed by atoms with Gasteiger partial charge in [0.15, 0.2) is 0 Å². The molecule has 2 fully saturated rings. The quantitative estimate of drug-likeness (QED) is 0.930. The first-order valence-corrected chi connectivity index (χ1v) is 7.13. The van der Waals surface area contributed by atoms with Gasteiger partial charge in [0.25, 0.3) is 0 Å². The van der Waals surface area contributed by atoms with Crippen LogP contribution < -0.4 is 5.32 Å². The highest BCUT2D eigenvalue weighted by Crippen LogP contribution is 2.46. The Balaban J connectivity index is 1.86. The van der Waals surface area contributed by atoms with Crippen LogP contribution in [-0.4, -0.2) is 22.9 Å². The van der Waals surface area contributed by atoms with Crippen molar-refractivity contribution in [2.24, 2.45) is 0 Å². The van der Waals surface area contributed by atoms with Gasteiger partial charge >= 0.3 is 6.18 Å². The molecule has 1 heterocycles. The lowest BCUT2D eigenvalue weighted by Gasteiger charge is -2.24. The van der Waals surface area contributed by atoms with Gasteiger partial charge in [0, 0.05) is 6.54 Å². The lowest BCUT2D eigenvalue weighted by atomic mass is 10.1. The summed E-state index contributed by atoms with van der Waals surface area (Å²) in [7, 11) is 0. The summed E-state index contributed by atoms with van der Waals surface area (Å²) >= 11 is 0. The van der Waals surface area contributed by atoms with Crippen molar-refractivity contribution in [3.05, 3.63) is 35.4 Å². The van der Waals surface area contributed by atoms with Gasteiger partial charge in [0.2, 0.25) is 5.91 Å². The summed E-state index contributed by atoms with van der Waals surface area (Å²) in [6.45, 7) is 2.59. The number of carbonyl (C=O) groups excluding carboxylic acids is 1. The van der Waals surface area contributed by atoms with Crippen LogP contribution in [0.1, 0.15) is 43.5 Å². The minimum absolute atomic E-state index is 0.0780. The average Bonchev–Trinajstić information content (AvgIpc) is 3.17. The van der Waals surface area contributed by atoms with Crippen molar-refractivity contribution in [2.75, 3.05) is 6.54 Å². The topological polar surface area (TPSA) is 32.3 Å². The van der Waals surface area contributed by atoms with E-state index in [-0.39, 0.29) is 12.1 Å². The second kappa shape index (κ2) is 4.73. The maximum atomic E-state index is 12.6. The van der Waals surface area contributed by atoms with Crippen LogP contribution in [0.4, 0.5) is 13.2 Å². The van der Waals surface area contributed by atoms with Crippen LogP contribution in [0.2, 0.25) is 0 Å². The first-order chi connectivity index (χ1) is 9.87. The molecule has 1 spiro atoms. The van der Waals surface area contributed by atoms with E-state index in [0.29, 0.717) is 12.1 Å². The highest BCUT2D eigenvalue weighted by Gasteiger charge is 2.59. The van der Waals surface area contributed by atoms with Crippen molar-refractivity contribution in [3.63, 3.8) is 0 Å². The SMILES string of the molecule is CCCN1C(=O)C2(CC2)NC1c1ccc(C(F)(F)F)cc1. The maximum Gasteiger partial charge on any atom is 0.416 e. The zero-order chi connectivity index (χ0) is 15.3. The number of rotatable bonds is 3. The largest absolute Gasteiger partial charge is 0.416 e. The fourth-order valence-corrected chi connectivity index (χ4v) is 2.87. The Labute approximate surface area is 121 Å². The molecule has 2 aliphatic rings. The monoisotopic (exact) mass is 298 g/mol. The number of halogens is 3. The van der Waals surface area contributed by atoms with Crippen molar-refractivity contribution in [1.82, 2.24) is 10.2 Å². The number of hydrogen-bond donors (Lipinski definition) is 1. The van der Waals surface area contributed by atoms with Gasteiger partial charge in [0.1, 0.15) is 11.7 Å². The van der Waals surface area contributed by atoms with Gasteiger partial charge in [-0.25, -0.2) is 0 Å². The number of hydrogen-bond acceptors (Lipinski definition) is 2. The molecule has 6 heteroatoms. The average molecular weight is 298 g/mol. The zero-order valence-corrected chi connectivity index (χ0v) is 11.7. The summed E-state index contributed by atoms with van der Waals surface area (Å²) in [5, 5.41) is 3.30. The van der Waals surface area contributed by atoms with E-state index in [1.54, 1.807) is 4.90 Å². The molecule has 0 aromatic heterocycles. The fourth-order valence-electron chi connectivity index (χ4n) is 2.87. The van der Waals surface area contributed by atoms with Crippen LogP contribution in [0.3, 0.4) is 0 Å². The minimum atomic E-state index is -4.34. The molecule has 3 nitrogen and oxygen atoms in total. The second-order valence-electron chi connectivity index (χ2n) is 5.75. The Morgan fingerprint density at radius 1 is 1.29 bits per heavy atom. The number of nitrogens with one attached hydrogen (secondary N) is 1. The molecule has 1 aliphatic heterocycles. The third kappa shape index (κ3) is 2.41. The predicted molar refractivity (Wildman–Crippen MR) is 71.3 cm³/mol. The molecule has 1 saturated heterocycles. The standard InChI is InChI=1S/C15H17F3N2O/c1-2-9-20-12(19-14(7-8-14)13(20)21)10-3-5-11(6-4-10)15(16,17)18/h3-6,12,19H,2,7-9H2,1H3. The Kier molecular flexibility index (Phi) is 3.24. The first kappa shape index (κ1) is 14.4. The predicted octanol–water partition coefficient (Wildman–Crippen LogP) is 3.08. The summed E-state index contributed by atoms with van der Waals surface area (Å²) in [6.07, 6.45) is -2.21. The van der Waals surface area contributed by atoms with Crippen molar-refractivity contribution >= 4 is 5.91 Å². The normalized spacial score (nSPS) is 23.9. The van der Waals surface area contributed by atoms with E-state index in [4.69, 9.17) is 0 Å². The Morgan fingerprint density at radius 2 is 1.90 bits per heavy atom. The number of nitrogens with zero attached hydrogens (tertiary/aromatic N) is 1. The van der Waals surface area contributed by atoms with E-state index in [2.05, 4.69) is 5.32 Å². The molecule has 1 saturated carbocycles. The highest BCUT2D eigenvalue weighted by atomic mass is 19.4. The van der Waals surface area contributed by atoms with Crippen LogP contribution in [0.5, 0.6) is 0 Å². The smallest absolute Gasteiger partial charge is 0.321 e. The molecular weight excluding hydrogens is 281 g/mol. The molecule has 1 aliphatic carbocycles. The Hall–Kier alpha value is -1.56. The van der Waals surface area contributed by atoms with E-state index >= 15 is 0 Å². The van der Waals surface area contributed by atoms with Crippen LogP contribution in [0.25, 0.3) is 0 Å². The third-order valence-corrected chi connectivity index (χ3v) is 4.16. The van der Waals surface area contributed by atoms with Crippen LogP contribution in [0.15, 0.2) is 24.3 Å². The van der Waals surface area contributed by atoms with Gasteiger partial charge in [-0.15, -0.1) is 0 Å². The van der Waals surface area contributed by atoms with Crippen molar-refractivity contribution in [3.8, 4) is 0 Å². The van der Waals surface area contributed by atoms with Gasteiger partial charge in [-0.3, -0.25) is 10.1 Å². The van der Waals surface area contributed by atoms with E-state index < -0.39 is 17.3 Å². The summed E-state index contributed by atoms with van der Waals surface area (Å²) < 4.78 is 37.8. The Morgan fingerprint density at radius 3 is 2.38 bits per heavy atom. The molecule has 1 atom stereocenters. The van der Waals surface area contributed by atoms with Gasteiger partial charge in [0.05, 0.1) is 5.56 Å². The van der Waals surface area contributed by atoms with Gasteiger partial charge < -0.3 is 4.90 Å². The highest BCUT2D eigenvalue weighted by molar-refractivity contribution is 5.92. The Bertz CT molecular complexity index is 549. The molecular formula is C15H17F3N2O. The van der Waals surface area contributed by atoms with E-state index in [1.165, 1.54) is 12.1 Å². The van der Waals surface area contributed by atoms with Gasteiger partial charge in [-0.05, 0) is 37.0 Å². The van der Waals surface area contributed by atoms with Crippen LogP contribution in [0, 0.1) is 0 Å². The zero-order valence-electron chi connectivity index (χ0n) is 11.7. The molecule has 1 aromatic rings. The number of benzene rings is 1. The molecule has 0 bridgehead atoms. The molecule has 1 amide bonds. The van der Waals surface area contributed by atoms with Crippen LogP contribution >= 0.6 is 0 Å². The van der Waals surface area contributed by atoms with E-state index in [1.807, 2.05) is 6.92 Å². The molecule has 114 valence electrons. The molecule has 1 unspecified atom stereocenters. The number of amides is 1. The fraction of sp³-hybridized carbons (Fsp3) is 0.533. The first-order valence-electron chi connectivity index (χ1n) is 7.13. The lowest BCUT2D eigenvalue weighted by molar-refractivity contribution is -0.137. The van der Waals surface area contributed by atoms with Crippen molar-refractivity contribution in [2.45, 2.75) is 44.1 Å². The molecule has 1 aromatic carbocycles. The number of alkyl halides is 3. The van der Waals surface area contributed by atoms with Gasteiger partial charge in [-0.2, -0.15) is 13.2 Å². The third-order valence-electron chi connectivity index (χ3n) is 4.16. The van der Waals surface area contributed by atoms with Crippen LogP contribution in [-0.2, 0) is 11.0 Å². The summed E-state index contributed by atoms with van der Waals surface area (Å²) in [5.41, 5.74) is -0.421. The molecule has 3 rings (SSSR count). The number of carbonyl (C=O) groups is 1. The van der Waals surface area contributed by atoms with E-state index in [0.717, 1.165) is 31.4 Å². The van der Waals surface area contributed by atoms with Gasteiger partial charge in [-0.1, -0.05) is 19.1 Å². The lowest BCUT2D eigenvalue weighted by Crippen LogP contribution is -2.32. The molecule has 0 radical (unpaired) electrons. The second-order valence-corrected chi connectivity index (χ2v) is 5.75. The minimum Gasteiger partial charge on any atom is -0.321 e.